The molecule has 5 nitrogen and oxygen atoms in total. The molecule has 0 bridgehead atoms. The second kappa shape index (κ2) is 10.5. The van der Waals surface area contributed by atoms with Gasteiger partial charge in [-0.25, -0.2) is 4.98 Å². The lowest BCUT2D eigenvalue weighted by Gasteiger charge is -2.12. The van der Waals surface area contributed by atoms with Gasteiger partial charge in [0.05, 0.1) is 5.01 Å². The summed E-state index contributed by atoms with van der Waals surface area (Å²) in [7, 11) is 1.81. The van der Waals surface area contributed by atoms with Gasteiger partial charge in [-0.05, 0) is 30.9 Å². The van der Waals surface area contributed by atoms with Crippen molar-refractivity contribution < 1.29 is 0 Å². The Morgan fingerprint density at radius 3 is 2.77 bits per heavy atom. The van der Waals surface area contributed by atoms with E-state index in [1.165, 1.54) is 20.8 Å². The van der Waals surface area contributed by atoms with E-state index in [9.17, 15) is 0 Å². The van der Waals surface area contributed by atoms with Crippen LogP contribution >= 0.6 is 35.3 Å². The van der Waals surface area contributed by atoms with Gasteiger partial charge in [0.15, 0.2) is 5.96 Å². The minimum atomic E-state index is 0. The molecule has 3 aromatic rings. The van der Waals surface area contributed by atoms with Gasteiger partial charge in [0, 0.05) is 55.9 Å². The summed E-state index contributed by atoms with van der Waals surface area (Å²) in [6.45, 7) is 4.82. The van der Waals surface area contributed by atoms with Gasteiger partial charge in [0.1, 0.15) is 0 Å². The molecule has 3 rings (SSSR count). The second-order valence-corrected chi connectivity index (χ2v) is 7.28. The van der Waals surface area contributed by atoms with E-state index in [0.717, 1.165) is 38.4 Å². The van der Waals surface area contributed by atoms with E-state index in [1.807, 2.05) is 13.2 Å². The number of rotatable bonds is 7. The number of para-hydroxylation sites is 1. The minimum Gasteiger partial charge on any atom is -0.356 e. The highest BCUT2D eigenvalue weighted by molar-refractivity contribution is 14.0. The Hall–Kier alpha value is -1.61. The third-order valence-electron chi connectivity index (χ3n) is 4.07. The first-order valence-electron chi connectivity index (χ1n) is 8.66. The van der Waals surface area contributed by atoms with E-state index in [2.05, 4.69) is 68.6 Å². The van der Waals surface area contributed by atoms with E-state index in [4.69, 9.17) is 0 Å². The number of aryl methyl sites for hydroxylation is 2. The molecule has 1 aromatic carbocycles. The number of benzene rings is 1. The highest BCUT2D eigenvalue weighted by Crippen LogP contribution is 2.15. The Bertz CT molecular complexity index is 839. The standard InChI is InChI=1S/C19H25N5S.HI/c1-15-14-23-18(25-15)8-11-22-19(20-2)21-10-5-12-24-13-9-16-6-3-4-7-17(16)24;/h3-4,6-7,9,13-14H,5,8,10-12H2,1-2H3,(H2,20,21,22);1H. The predicted octanol–water partition coefficient (Wildman–Crippen LogP) is 3.82. The number of halogens is 1. The Kier molecular flexibility index (Phi) is 8.37. The maximum absolute atomic E-state index is 4.38. The molecule has 2 N–H and O–H groups in total. The molecule has 140 valence electrons. The molecule has 0 unspecified atom stereocenters. The van der Waals surface area contributed by atoms with Gasteiger partial charge >= 0.3 is 0 Å². The first-order valence-corrected chi connectivity index (χ1v) is 9.47. The Labute approximate surface area is 176 Å². The van der Waals surface area contributed by atoms with Crippen LogP contribution in [0.3, 0.4) is 0 Å². The lowest BCUT2D eigenvalue weighted by atomic mass is 10.2. The summed E-state index contributed by atoms with van der Waals surface area (Å²) >= 11 is 1.75. The topological polar surface area (TPSA) is 54.2 Å². The Morgan fingerprint density at radius 2 is 2.00 bits per heavy atom. The van der Waals surface area contributed by atoms with E-state index in [-0.39, 0.29) is 24.0 Å². The maximum Gasteiger partial charge on any atom is 0.190 e. The molecule has 0 saturated heterocycles. The molecule has 0 radical (unpaired) electrons. The average molecular weight is 483 g/mol. The summed E-state index contributed by atoms with van der Waals surface area (Å²) in [5, 5.41) is 9.19. The van der Waals surface area contributed by atoms with Crippen molar-refractivity contribution in [2.45, 2.75) is 26.3 Å². The summed E-state index contributed by atoms with van der Waals surface area (Å²) < 4.78 is 2.30. The number of fused-ring (bicyclic) bond motifs is 1. The van der Waals surface area contributed by atoms with Crippen LogP contribution in [-0.4, -0.2) is 35.6 Å². The van der Waals surface area contributed by atoms with Crippen LogP contribution in [0, 0.1) is 6.92 Å². The second-order valence-electron chi connectivity index (χ2n) is 5.96. The molecular formula is C19H26IN5S. The monoisotopic (exact) mass is 483 g/mol. The van der Waals surface area contributed by atoms with Gasteiger partial charge in [-0.3, -0.25) is 4.99 Å². The van der Waals surface area contributed by atoms with Crippen LogP contribution in [-0.2, 0) is 13.0 Å². The van der Waals surface area contributed by atoms with E-state index in [0.29, 0.717) is 0 Å². The molecule has 0 amide bonds. The molecule has 0 aliphatic carbocycles. The van der Waals surface area contributed by atoms with E-state index < -0.39 is 0 Å². The molecule has 0 saturated carbocycles. The quantitative estimate of drug-likeness (QED) is 0.233. The van der Waals surface area contributed by atoms with Crippen molar-refractivity contribution in [3.8, 4) is 0 Å². The van der Waals surface area contributed by atoms with Gasteiger partial charge in [-0.15, -0.1) is 35.3 Å². The smallest absolute Gasteiger partial charge is 0.190 e. The van der Waals surface area contributed by atoms with Crippen molar-refractivity contribution in [2.24, 2.45) is 4.99 Å². The molecule has 7 heteroatoms. The summed E-state index contributed by atoms with van der Waals surface area (Å²) in [6.07, 6.45) is 6.06. The molecule has 0 aliphatic rings. The fourth-order valence-electron chi connectivity index (χ4n) is 2.82. The van der Waals surface area contributed by atoms with Gasteiger partial charge in [-0.1, -0.05) is 18.2 Å². The zero-order valence-corrected chi connectivity index (χ0v) is 18.4. The molecular weight excluding hydrogens is 457 g/mol. The zero-order valence-electron chi connectivity index (χ0n) is 15.2. The molecule has 2 heterocycles. The van der Waals surface area contributed by atoms with Gasteiger partial charge in [0.25, 0.3) is 0 Å². The number of hydrogen-bond donors (Lipinski definition) is 2. The lowest BCUT2D eigenvalue weighted by Crippen LogP contribution is -2.38. The summed E-state index contributed by atoms with van der Waals surface area (Å²) in [5.41, 5.74) is 1.30. The molecule has 0 fully saturated rings. The van der Waals surface area contributed by atoms with Crippen LogP contribution in [0.2, 0.25) is 0 Å². The van der Waals surface area contributed by atoms with Crippen molar-refractivity contribution in [3.05, 3.63) is 52.6 Å². The van der Waals surface area contributed by atoms with Gasteiger partial charge in [0.2, 0.25) is 0 Å². The van der Waals surface area contributed by atoms with Crippen LogP contribution < -0.4 is 10.6 Å². The van der Waals surface area contributed by atoms with Crippen LogP contribution in [0.15, 0.2) is 47.7 Å². The normalized spacial score (nSPS) is 11.4. The summed E-state index contributed by atoms with van der Waals surface area (Å²) in [5.74, 6) is 0.852. The minimum absolute atomic E-state index is 0. The number of thiazole rings is 1. The van der Waals surface area contributed by atoms with Crippen molar-refractivity contribution >= 4 is 52.2 Å². The Morgan fingerprint density at radius 1 is 1.19 bits per heavy atom. The zero-order chi connectivity index (χ0) is 17.5. The van der Waals surface area contributed by atoms with E-state index >= 15 is 0 Å². The maximum atomic E-state index is 4.38. The highest BCUT2D eigenvalue weighted by atomic mass is 127. The van der Waals surface area contributed by atoms with Crippen molar-refractivity contribution in [1.82, 2.24) is 20.2 Å². The summed E-state index contributed by atoms with van der Waals surface area (Å²) in [6, 6.07) is 10.7. The number of aromatic nitrogens is 2. The molecule has 2 aromatic heterocycles. The van der Waals surface area contributed by atoms with Crippen LogP contribution in [0.5, 0.6) is 0 Å². The largest absolute Gasteiger partial charge is 0.356 e. The van der Waals surface area contributed by atoms with Crippen LogP contribution in [0.4, 0.5) is 0 Å². The average Bonchev–Trinajstić information content (AvgIpc) is 3.23. The van der Waals surface area contributed by atoms with Crippen molar-refractivity contribution in [2.75, 3.05) is 20.1 Å². The lowest BCUT2D eigenvalue weighted by molar-refractivity contribution is 0.640. The predicted molar refractivity (Wildman–Crippen MR) is 122 cm³/mol. The number of guanidine groups is 1. The molecule has 0 spiro atoms. The highest BCUT2D eigenvalue weighted by Gasteiger charge is 2.02. The third-order valence-corrected chi connectivity index (χ3v) is 5.05. The molecule has 26 heavy (non-hydrogen) atoms. The van der Waals surface area contributed by atoms with Crippen LogP contribution in [0.25, 0.3) is 10.9 Å². The fourth-order valence-corrected chi connectivity index (χ4v) is 3.60. The fraction of sp³-hybridized carbons (Fsp3) is 0.368. The number of hydrogen-bond acceptors (Lipinski definition) is 3. The Balaban J connectivity index is 0.00000243. The number of nitrogens with one attached hydrogen (secondary N) is 2. The van der Waals surface area contributed by atoms with Crippen molar-refractivity contribution in [1.29, 1.82) is 0 Å². The number of aliphatic imine (C=N–C) groups is 1. The molecule has 0 aliphatic heterocycles. The van der Waals surface area contributed by atoms with Gasteiger partial charge < -0.3 is 15.2 Å². The first-order chi connectivity index (χ1) is 12.3. The number of nitrogens with zero attached hydrogens (tertiary/aromatic N) is 3. The van der Waals surface area contributed by atoms with Crippen LogP contribution in [0.1, 0.15) is 16.3 Å². The first kappa shape index (κ1) is 20.7. The van der Waals surface area contributed by atoms with Crippen molar-refractivity contribution in [3.63, 3.8) is 0 Å². The van der Waals surface area contributed by atoms with Gasteiger partial charge in [-0.2, -0.15) is 0 Å². The molecule has 0 atom stereocenters. The van der Waals surface area contributed by atoms with E-state index in [1.54, 1.807) is 11.3 Å². The summed E-state index contributed by atoms with van der Waals surface area (Å²) in [4.78, 5) is 9.92. The third kappa shape index (κ3) is 5.70. The SMILES string of the molecule is CN=C(NCCCn1ccc2ccccc21)NCCc1ncc(C)s1.I.